The van der Waals surface area contributed by atoms with Crippen LogP contribution in [0, 0.1) is 11.8 Å². The lowest BCUT2D eigenvalue weighted by Gasteiger charge is -2.30. The van der Waals surface area contributed by atoms with Gasteiger partial charge in [-0.1, -0.05) is 44.2 Å². The molecular formula is C31H43N3O8. The number of aliphatic hydroxyl groups is 1. The summed E-state index contributed by atoms with van der Waals surface area (Å²) < 4.78 is 16.6. The van der Waals surface area contributed by atoms with E-state index in [1.165, 1.54) is 20.3 Å². The van der Waals surface area contributed by atoms with Gasteiger partial charge in [0.1, 0.15) is 6.10 Å². The number of hydrogen-bond acceptors (Lipinski definition) is 9. The molecule has 230 valence electrons. The van der Waals surface area contributed by atoms with Crippen molar-refractivity contribution < 1.29 is 38.5 Å². The molecular weight excluding hydrogens is 542 g/mol. The highest BCUT2D eigenvalue weighted by Gasteiger charge is 2.33. The van der Waals surface area contributed by atoms with Gasteiger partial charge in [0.25, 0.3) is 5.91 Å². The number of aliphatic hydroxyl groups excluding tert-OH is 1. The number of fused-ring (bicyclic) bond motifs is 2. The molecule has 0 aromatic heterocycles. The van der Waals surface area contributed by atoms with Gasteiger partial charge in [0, 0.05) is 43.9 Å². The molecule has 2 unspecified atom stereocenters. The average Bonchev–Trinajstić information content (AvgIpc) is 2.94. The molecule has 0 aromatic rings. The Kier molecular flexibility index (Phi) is 13.1. The van der Waals surface area contributed by atoms with E-state index in [1.54, 1.807) is 45.1 Å². The first-order valence-corrected chi connectivity index (χ1v) is 13.8. The molecule has 1 heterocycles. The van der Waals surface area contributed by atoms with Crippen molar-refractivity contribution >= 4 is 23.6 Å². The van der Waals surface area contributed by atoms with E-state index in [0.29, 0.717) is 12.0 Å². The fourth-order valence-corrected chi connectivity index (χ4v) is 4.95. The van der Waals surface area contributed by atoms with Crippen molar-refractivity contribution in [3.05, 3.63) is 71.1 Å². The van der Waals surface area contributed by atoms with Gasteiger partial charge in [-0.05, 0) is 38.2 Å². The molecule has 11 heteroatoms. The normalized spacial score (nSPS) is 28.4. The second-order valence-electron chi connectivity index (χ2n) is 10.6. The van der Waals surface area contributed by atoms with Gasteiger partial charge < -0.3 is 35.7 Å². The van der Waals surface area contributed by atoms with Crippen LogP contribution in [0.4, 0.5) is 4.79 Å². The van der Waals surface area contributed by atoms with Crippen LogP contribution in [0.1, 0.15) is 40.5 Å². The summed E-state index contributed by atoms with van der Waals surface area (Å²) in [6.45, 7) is 10.9. The van der Waals surface area contributed by atoms with E-state index in [1.807, 2.05) is 6.92 Å². The standard InChI is InChI=1S/C31H43N3O8/c1-8-12-33-26-21-13-17(2)14-25(41-7)27(36)19(4)15-20(5)29(42-31(32)39)24(40-6)11-9-10-18(3)30(38)34-22(28(21)37)16-23(26)35/h8-11,15-17,19,24-25,27,29,33,36H,1,12-14H2,2-7H3,(H2,32,39)(H,34,38)/t17-,19-,24+,25?,27-,29?/m1/s1. The molecule has 0 saturated carbocycles. The Balaban J connectivity index is 2.62. The number of ketones is 2. The van der Waals surface area contributed by atoms with Gasteiger partial charge in [0.2, 0.25) is 11.6 Å². The summed E-state index contributed by atoms with van der Waals surface area (Å²) in [4.78, 5) is 51.3. The quantitative estimate of drug-likeness (QED) is 0.271. The van der Waals surface area contributed by atoms with Crippen molar-refractivity contribution in [3.63, 3.8) is 0 Å². The maximum atomic E-state index is 13.5. The highest BCUT2D eigenvalue weighted by Crippen LogP contribution is 2.28. The largest absolute Gasteiger partial charge is 0.439 e. The molecule has 0 saturated heterocycles. The van der Waals surface area contributed by atoms with E-state index in [0.717, 1.165) is 6.08 Å². The number of carbonyl (C=O) groups is 4. The zero-order chi connectivity index (χ0) is 31.6. The van der Waals surface area contributed by atoms with E-state index >= 15 is 0 Å². The smallest absolute Gasteiger partial charge is 0.405 e. The van der Waals surface area contributed by atoms with Crippen molar-refractivity contribution in [3.8, 4) is 0 Å². The number of Topliss-reactive ketones (excluding diaryl/α,β-unsaturated/α-hetero) is 1. The first-order valence-electron chi connectivity index (χ1n) is 13.8. The third-order valence-corrected chi connectivity index (χ3v) is 7.22. The van der Waals surface area contributed by atoms with Crippen molar-refractivity contribution in [1.29, 1.82) is 0 Å². The van der Waals surface area contributed by atoms with Crippen LogP contribution in [0.25, 0.3) is 0 Å². The average molecular weight is 586 g/mol. The number of hydrogen-bond donors (Lipinski definition) is 4. The number of methoxy groups -OCH3 is 2. The van der Waals surface area contributed by atoms with Gasteiger partial charge >= 0.3 is 6.09 Å². The molecule has 0 radical (unpaired) electrons. The molecule has 1 aliphatic heterocycles. The van der Waals surface area contributed by atoms with Crippen LogP contribution in [0.15, 0.2) is 71.1 Å². The number of primary amides is 1. The van der Waals surface area contributed by atoms with Crippen molar-refractivity contribution in [2.24, 2.45) is 17.6 Å². The van der Waals surface area contributed by atoms with E-state index < -0.39 is 53.9 Å². The minimum Gasteiger partial charge on any atom is -0.439 e. The highest BCUT2D eigenvalue weighted by molar-refractivity contribution is 6.23. The number of allylic oxidation sites excluding steroid dienone is 4. The first kappa shape index (κ1) is 34.4. The van der Waals surface area contributed by atoms with Crippen LogP contribution in [-0.4, -0.2) is 73.9 Å². The third kappa shape index (κ3) is 9.10. The SMILES string of the molecule is C=CCNC1=C2C[C@@H](C)CC(OC)[C@H](O)[C@H](C)C=C(C)C(OC(N)=O)[C@@H](OC)C=CC=C(C)C(=O)NC(=CC1=O)C2=O. The van der Waals surface area contributed by atoms with E-state index in [-0.39, 0.29) is 41.4 Å². The molecule has 1 aliphatic carbocycles. The fourth-order valence-electron chi connectivity index (χ4n) is 4.95. The maximum Gasteiger partial charge on any atom is 0.405 e. The predicted octanol–water partition coefficient (Wildman–Crippen LogP) is 2.54. The van der Waals surface area contributed by atoms with E-state index in [4.69, 9.17) is 19.9 Å². The lowest BCUT2D eigenvalue weighted by molar-refractivity contribution is -0.120. The van der Waals surface area contributed by atoms with Gasteiger partial charge in [0.15, 0.2) is 6.10 Å². The molecule has 2 bridgehead atoms. The zero-order valence-electron chi connectivity index (χ0n) is 25.1. The second kappa shape index (κ2) is 16.0. The second-order valence-corrected chi connectivity index (χ2v) is 10.6. The number of nitrogens with one attached hydrogen (secondary N) is 2. The van der Waals surface area contributed by atoms with Crippen LogP contribution < -0.4 is 16.4 Å². The minimum absolute atomic E-state index is 0.132. The molecule has 2 amide bonds. The van der Waals surface area contributed by atoms with Crippen LogP contribution in [0.3, 0.4) is 0 Å². The van der Waals surface area contributed by atoms with Crippen molar-refractivity contribution in [2.75, 3.05) is 20.8 Å². The predicted molar refractivity (Wildman–Crippen MR) is 158 cm³/mol. The molecule has 42 heavy (non-hydrogen) atoms. The molecule has 0 aromatic carbocycles. The number of ether oxygens (including phenoxy) is 3. The van der Waals surface area contributed by atoms with Crippen molar-refractivity contribution in [2.45, 2.75) is 65.0 Å². The molecule has 2 aliphatic rings. The number of amides is 2. The Morgan fingerprint density at radius 1 is 1.21 bits per heavy atom. The Bertz CT molecular complexity index is 1210. The Morgan fingerprint density at radius 2 is 1.90 bits per heavy atom. The summed E-state index contributed by atoms with van der Waals surface area (Å²) in [5, 5.41) is 16.7. The summed E-state index contributed by atoms with van der Waals surface area (Å²) in [6, 6.07) is 0. The van der Waals surface area contributed by atoms with Crippen molar-refractivity contribution in [1.82, 2.24) is 10.6 Å². The number of rotatable bonds is 6. The number of carbonyl (C=O) groups excluding carboxylic acids is 4. The minimum atomic E-state index is -1.00. The third-order valence-electron chi connectivity index (χ3n) is 7.22. The van der Waals surface area contributed by atoms with Gasteiger partial charge in [-0.25, -0.2) is 4.79 Å². The van der Waals surface area contributed by atoms with E-state index in [9.17, 15) is 24.3 Å². The summed E-state index contributed by atoms with van der Waals surface area (Å²) in [7, 11) is 2.92. The molecule has 6 atom stereocenters. The Hall–Kier alpha value is -3.80. The molecule has 0 fully saturated rings. The fraction of sp³-hybridized carbons (Fsp3) is 0.484. The monoisotopic (exact) mass is 585 g/mol. The van der Waals surface area contributed by atoms with Crippen LogP contribution in [0.2, 0.25) is 0 Å². The van der Waals surface area contributed by atoms with Gasteiger partial charge in [-0.3, -0.25) is 14.4 Å². The lowest BCUT2D eigenvalue weighted by atomic mass is 9.85. The van der Waals surface area contributed by atoms with Crippen LogP contribution in [0.5, 0.6) is 0 Å². The molecule has 5 N–H and O–H groups in total. The summed E-state index contributed by atoms with van der Waals surface area (Å²) in [6.07, 6.45) is 5.34. The first-order chi connectivity index (χ1) is 19.8. The topological polar surface area (TPSA) is 166 Å². The zero-order valence-corrected chi connectivity index (χ0v) is 25.1. The lowest BCUT2D eigenvalue weighted by Crippen LogP contribution is -2.37. The van der Waals surface area contributed by atoms with Gasteiger partial charge in [-0.15, -0.1) is 6.58 Å². The Morgan fingerprint density at radius 3 is 2.50 bits per heavy atom. The molecule has 2 rings (SSSR count). The van der Waals surface area contributed by atoms with E-state index in [2.05, 4.69) is 17.2 Å². The highest BCUT2D eigenvalue weighted by atomic mass is 16.6. The van der Waals surface area contributed by atoms with Gasteiger partial charge in [-0.2, -0.15) is 0 Å². The molecule has 0 spiro atoms. The molecule has 11 nitrogen and oxygen atoms in total. The van der Waals surface area contributed by atoms with Gasteiger partial charge in [0.05, 0.1) is 23.6 Å². The van der Waals surface area contributed by atoms with Crippen LogP contribution >= 0.6 is 0 Å². The summed E-state index contributed by atoms with van der Waals surface area (Å²) in [5.41, 5.74) is 6.42. The number of nitrogens with two attached hydrogens (primary N) is 1. The summed E-state index contributed by atoms with van der Waals surface area (Å²) in [5.74, 6) is -2.14. The summed E-state index contributed by atoms with van der Waals surface area (Å²) >= 11 is 0. The van der Waals surface area contributed by atoms with Crippen LogP contribution in [-0.2, 0) is 28.6 Å². The Labute approximate surface area is 247 Å². The maximum absolute atomic E-state index is 13.5.